The maximum absolute atomic E-state index is 6.97. The molecule has 2 atom stereocenters. The molecule has 192 valence electrons. The van der Waals surface area contributed by atoms with Gasteiger partial charge in [0.05, 0.1) is 0 Å². The molecule has 38 heavy (non-hydrogen) atoms. The fraction of sp³-hybridized carbons (Fsp3) is 0.242. The average Bonchev–Trinajstić information content (AvgIpc) is 3.25. The number of rotatable bonds is 4. The third kappa shape index (κ3) is 3.82. The van der Waals surface area contributed by atoms with Crippen molar-refractivity contribution in [1.29, 1.82) is 0 Å². The highest BCUT2D eigenvalue weighted by Crippen LogP contribution is 2.51. The van der Waals surface area contributed by atoms with E-state index in [-0.39, 0.29) is 0 Å². The lowest BCUT2D eigenvalue weighted by molar-refractivity contribution is -0.156. The first-order valence-electron chi connectivity index (χ1n) is 13.1. The third-order valence-electron chi connectivity index (χ3n) is 7.72. The van der Waals surface area contributed by atoms with Crippen LogP contribution in [0.3, 0.4) is 0 Å². The predicted molar refractivity (Wildman–Crippen MR) is 151 cm³/mol. The maximum atomic E-state index is 6.97. The minimum absolute atomic E-state index is 0.436. The lowest BCUT2D eigenvalue weighted by Crippen LogP contribution is -2.58. The number of ether oxygens (including phenoxy) is 2. The molecule has 2 fully saturated rings. The number of hydrogen-bond acceptors (Lipinski definition) is 3. The Balaban J connectivity index is 1.71. The molecule has 0 amide bonds. The fourth-order valence-corrected chi connectivity index (χ4v) is 6.14. The zero-order chi connectivity index (χ0) is 26.2. The van der Waals surface area contributed by atoms with Crippen molar-refractivity contribution in [1.82, 2.24) is 10.6 Å². The molecule has 0 aromatic heterocycles. The topological polar surface area (TPSA) is 54.9 Å². The van der Waals surface area contributed by atoms with E-state index in [4.69, 9.17) is 14.5 Å². The van der Waals surface area contributed by atoms with Crippen LogP contribution in [0.25, 0.3) is 0 Å². The molecule has 0 saturated carbocycles. The largest absolute Gasteiger partial charge is 0.341 e. The van der Waals surface area contributed by atoms with Gasteiger partial charge in [0, 0.05) is 7.05 Å². The van der Waals surface area contributed by atoms with Crippen molar-refractivity contribution in [3.63, 3.8) is 0 Å². The quantitative estimate of drug-likeness (QED) is 0.382. The van der Waals surface area contributed by atoms with E-state index in [1.165, 1.54) is 0 Å². The van der Waals surface area contributed by atoms with Crippen LogP contribution in [0.2, 0.25) is 0 Å². The van der Waals surface area contributed by atoms with Crippen molar-refractivity contribution < 1.29 is 9.47 Å². The molecule has 0 radical (unpaired) electrons. The van der Waals surface area contributed by atoms with Gasteiger partial charge in [-0.1, -0.05) is 121 Å². The van der Waals surface area contributed by atoms with E-state index in [9.17, 15) is 0 Å². The normalized spacial score (nSPS) is 22.9. The van der Waals surface area contributed by atoms with Crippen molar-refractivity contribution in [3.05, 3.63) is 144 Å². The maximum Gasteiger partial charge on any atom is 0.193 e. The summed E-state index contributed by atoms with van der Waals surface area (Å²) in [5.74, 6) is -0.173. The van der Waals surface area contributed by atoms with Gasteiger partial charge in [-0.05, 0) is 36.1 Å². The highest BCUT2D eigenvalue weighted by Gasteiger charge is 2.64. The molecule has 0 aliphatic carbocycles. The molecule has 0 spiro atoms. The summed E-state index contributed by atoms with van der Waals surface area (Å²) in [7, 11) is 1.81. The lowest BCUT2D eigenvalue weighted by atomic mass is 9.69. The van der Waals surface area contributed by atoms with E-state index in [0.29, 0.717) is 5.96 Å². The summed E-state index contributed by atoms with van der Waals surface area (Å²) in [4.78, 5) is 4.75. The molecule has 6 rings (SSSR count). The summed E-state index contributed by atoms with van der Waals surface area (Å²) in [5, 5.41) is 7.70. The van der Waals surface area contributed by atoms with E-state index in [1.54, 1.807) is 0 Å². The van der Waals surface area contributed by atoms with Crippen LogP contribution in [0.5, 0.6) is 0 Å². The van der Waals surface area contributed by atoms with Crippen LogP contribution in [0.1, 0.15) is 36.1 Å². The second-order valence-corrected chi connectivity index (χ2v) is 10.4. The van der Waals surface area contributed by atoms with Gasteiger partial charge in [-0.3, -0.25) is 4.99 Å². The van der Waals surface area contributed by atoms with Crippen molar-refractivity contribution in [2.24, 2.45) is 4.99 Å². The molecule has 5 nitrogen and oxygen atoms in total. The van der Waals surface area contributed by atoms with E-state index >= 15 is 0 Å². The number of nitrogens with one attached hydrogen (secondary N) is 2. The monoisotopic (exact) mass is 503 g/mol. The molecular weight excluding hydrogens is 470 g/mol. The van der Waals surface area contributed by atoms with Gasteiger partial charge < -0.3 is 20.1 Å². The van der Waals surface area contributed by atoms with Gasteiger partial charge in [0.1, 0.15) is 23.3 Å². The molecule has 2 aliphatic rings. The first-order chi connectivity index (χ1) is 18.5. The van der Waals surface area contributed by atoms with Gasteiger partial charge in [-0.2, -0.15) is 0 Å². The van der Waals surface area contributed by atoms with Gasteiger partial charge in [0.25, 0.3) is 0 Å². The average molecular weight is 504 g/mol. The number of nitrogens with zero attached hydrogens (tertiary/aromatic N) is 1. The zero-order valence-corrected chi connectivity index (χ0v) is 22.0. The third-order valence-corrected chi connectivity index (χ3v) is 7.72. The molecule has 2 N–H and O–H groups in total. The van der Waals surface area contributed by atoms with Gasteiger partial charge >= 0.3 is 0 Å². The van der Waals surface area contributed by atoms with Gasteiger partial charge in [0.2, 0.25) is 0 Å². The molecule has 4 aromatic carbocycles. The Morgan fingerprint density at radius 1 is 0.526 bits per heavy atom. The SMILES string of the molecule is CN=C1NC(c2ccccc2)(c2ccccc2)[C@@H]2OC(C)(C)O[C@H]2C(c2ccccc2)(c2ccccc2)N1. The molecule has 5 heteroatoms. The number of guanidine groups is 1. The summed E-state index contributed by atoms with van der Waals surface area (Å²) >= 11 is 0. The highest BCUT2D eigenvalue weighted by molar-refractivity contribution is 5.84. The summed E-state index contributed by atoms with van der Waals surface area (Å²) in [6.45, 7) is 4.00. The summed E-state index contributed by atoms with van der Waals surface area (Å²) in [5.41, 5.74) is 2.69. The number of fused-ring (bicyclic) bond motifs is 1. The number of hydrogen-bond donors (Lipinski definition) is 2. The van der Waals surface area contributed by atoms with Gasteiger partial charge in [0.15, 0.2) is 11.7 Å². The molecule has 0 unspecified atom stereocenters. The molecule has 2 saturated heterocycles. The van der Waals surface area contributed by atoms with Crippen molar-refractivity contribution >= 4 is 5.96 Å². The Morgan fingerprint density at radius 2 is 0.816 bits per heavy atom. The molecule has 4 aromatic rings. The van der Waals surface area contributed by atoms with Crippen molar-refractivity contribution in [3.8, 4) is 0 Å². The van der Waals surface area contributed by atoms with Gasteiger partial charge in [-0.15, -0.1) is 0 Å². The smallest absolute Gasteiger partial charge is 0.193 e. The van der Waals surface area contributed by atoms with E-state index in [2.05, 4.69) is 108 Å². The van der Waals surface area contributed by atoms with Crippen molar-refractivity contribution in [2.45, 2.75) is 42.9 Å². The molecular formula is C33H33N3O2. The van der Waals surface area contributed by atoms with Crippen LogP contribution in [-0.2, 0) is 20.6 Å². The van der Waals surface area contributed by atoms with Crippen LogP contribution < -0.4 is 10.6 Å². The Morgan fingerprint density at radius 3 is 1.08 bits per heavy atom. The predicted octanol–water partition coefficient (Wildman–Crippen LogP) is 5.57. The van der Waals surface area contributed by atoms with Gasteiger partial charge in [-0.25, -0.2) is 0 Å². The van der Waals surface area contributed by atoms with Crippen LogP contribution in [0, 0.1) is 0 Å². The number of benzene rings is 4. The summed E-state index contributed by atoms with van der Waals surface area (Å²) < 4.78 is 13.9. The Bertz CT molecular complexity index is 1220. The highest BCUT2D eigenvalue weighted by atomic mass is 16.8. The number of aliphatic imine (C=N–C) groups is 1. The lowest BCUT2D eigenvalue weighted by Gasteiger charge is -2.43. The van der Waals surface area contributed by atoms with Crippen molar-refractivity contribution in [2.75, 3.05) is 7.05 Å². The first kappa shape index (κ1) is 24.4. The van der Waals surface area contributed by atoms with Crippen LogP contribution >= 0.6 is 0 Å². The Hall–Kier alpha value is -3.93. The summed E-state index contributed by atoms with van der Waals surface area (Å²) in [6.07, 6.45) is -0.871. The second kappa shape index (κ2) is 9.43. The van der Waals surface area contributed by atoms with E-state index in [0.717, 1.165) is 22.3 Å². The molecule has 2 aliphatic heterocycles. The van der Waals surface area contributed by atoms with Crippen LogP contribution in [0.15, 0.2) is 126 Å². The first-order valence-corrected chi connectivity index (χ1v) is 13.1. The molecule has 2 heterocycles. The standard InChI is InChI=1S/C33H33N3O2/c1-31(2)37-28-29(38-31)33(26-20-12-6-13-21-26,27-22-14-7-15-23-27)36-30(34-3)35-32(28,24-16-8-4-9-17-24)25-18-10-5-11-19-25/h4-23,28-29H,1-3H3,(H2,34,35,36)/t28-,29-/m1/s1. The zero-order valence-electron chi connectivity index (χ0n) is 22.0. The Labute approximate surface area is 224 Å². The second-order valence-electron chi connectivity index (χ2n) is 10.4. The molecule has 0 bridgehead atoms. The van der Waals surface area contributed by atoms with E-state index < -0.39 is 29.1 Å². The minimum atomic E-state index is -0.830. The minimum Gasteiger partial charge on any atom is -0.341 e. The fourth-order valence-electron chi connectivity index (χ4n) is 6.14. The van der Waals surface area contributed by atoms with E-state index in [1.807, 2.05) is 45.2 Å². The van der Waals surface area contributed by atoms with Crippen LogP contribution in [0.4, 0.5) is 0 Å². The Kier molecular flexibility index (Phi) is 6.05. The summed E-state index contributed by atoms with van der Waals surface area (Å²) in [6, 6.07) is 41.9. The van der Waals surface area contributed by atoms with Crippen LogP contribution in [-0.4, -0.2) is 31.0 Å².